The number of carbonyl (C=O) groups excluding carboxylic acids is 1. The van der Waals surface area contributed by atoms with Crippen molar-refractivity contribution in [2.45, 2.75) is 32.2 Å². The van der Waals surface area contributed by atoms with Crippen LogP contribution in [-0.4, -0.2) is 65.1 Å². The van der Waals surface area contributed by atoms with Gasteiger partial charge >= 0.3 is 0 Å². The Bertz CT molecular complexity index is 920. The summed E-state index contributed by atoms with van der Waals surface area (Å²) in [6, 6.07) is 4.96. The maximum Gasteiger partial charge on any atom is 0.257 e. The number of amides is 1. The highest BCUT2D eigenvalue weighted by atomic mass is 35.5. The summed E-state index contributed by atoms with van der Waals surface area (Å²) in [6.45, 7) is 6.63. The fourth-order valence-electron chi connectivity index (χ4n) is 4.13. The van der Waals surface area contributed by atoms with Crippen LogP contribution in [0.25, 0.3) is 0 Å². The average molecular weight is 433 g/mol. The molecule has 1 atom stereocenters. The van der Waals surface area contributed by atoms with Crippen LogP contribution in [0.5, 0.6) is 0 Å². The molecule has 0 radical (unpaired) electrons. The van der Waals surface area contributed by atoms with Crippen LogP contribution >= 0.6 is 11.6 Å². The molecule has 0 bridgehead atoms. The van der Waals surface area contributed by atoms with Gasteiger partial charge in [0.2, 0.25) is 0 Å². The molecule has 0 N–H and O–H groups in total. The number of hydrogen-bond donors (Lipinski definition) is 0. The van der Waals surface area contributed by atoms with E-state index in [9.17, 15) is 9.18 Å². The van der Waals surface area contributed by atoms with Crippen molar-refractivity contribution in [2.75, 3.05) is 39.4 Å². The number of hydrogen-bond acceptors (Lipinski definition) is 5. The van der Waals surface area contributed by atoms with Crippen molar-refractivity contribution >= 4 is 17.5 Å². The number of aromatic nitrogens is 2. The Labute approximate surface area is 181 Å². The molecule has 2 aromatic rings. The van der Waals surface area contributed by atoms with Gasteiger partial charge in [-0.05, 0) is 44.0 Å². The molecule has 1 aromatic heterocycles. The van der Waals surface area contributed by atoms with E-state index in [0.29, 0.717) is 44.1 Å². The Morgan fingerprint density at radius 2 is 2.10 bits per heavy atom. The van der Waals surface area contributed by atoms with Crippen molar-refractivity contribution in [1.29, 1.82) is 0 Å². The molecule has 0 aliphatic carbocycles. The lowest BCUT2D eigenvalue weighted by molar-refractivity contribution is 0.0301. The zero-order valence-corrected chi connectivity index (χ0v) is 17.9. The number of morpholine rings is 1. The van der Waals surface area contributed by atoms with Crippen LogP contribution in [0.4, 0.5) is 4.39 Å². The quantitative estimate of drug-likeness (QED) is 0.740. The summed E-state index contributed by atoms with van der Waals surface area (Å²) in [4.78, 5) is 26.1. The normalized spacial score (nSPS) is 20.4. The van der Waals surface area contributed by atoms with E-state index in [4.69, 9.17) is 16.3 Å². The van der Waals surface area contributed by atoms with Gasteiger partial charge in [-0.2, -0.15) is 0 Å². The first-order valence-corrected chi connectivity index (χ1v) is 10.8. The Hall–Kier alpha value is -2.09. The molecule has 3 heterocycles. The van der Waals surface area contributed by atoms with Gasteiger partial charge in [0.25, 0.3) is 5.91 Å². The molecule has 30 heavy (non-hydrogen) atoms. The van der Waals surface area contributed by atoms with Crippen LogP contribution in [-0.2, 0) is 11.3 Å². The van der Waals surface area contributed by atoms with Gasteiger partial charge in [0.1, 0.15) is 11.6 Å². The summed E-state index contributed by atoms with van der Waals surface area (Å²) in [5.74, 6) is 0.555. The predicted molar refractivity (Wildman–Crippen MR) is 112 cm³/mol. The van der Waals surface area contributed by atoms with Gasteiger partial charge in [-0.1, -0.05) is 17.7 Å². The second-order valence-corrected chi connectivity index (χ2v) is 8.36. The predicted octanol–water partition coefficient (Wildman–Crippen LogP) is 3.43. The van der Waals surface area contributed by atoms with E-state index in [1.807, 2.05) is 13.0 Å². The first-order chi connectivity index (χ1) is 14.5. The van der Waals surface area contributed by atoms with Crippen molar-refractivity contribution in [3.05, 3.63) is 57.9 Å². The summed E-state index contributed by atoms with van der Waals surface area (Å²) in [5.41, 5.74) is 2.18. The number of ether oxygens (including phenoxy) is 1. The number of benzene rings is 1. The standard InChI is InChI=1S/C22H26ClFN4O2/c1-15-18(22(29)28-7-9-30-10-8-28)12-25-21(26-15)17-3-2-6-27(14-17)13-16-4-5-19(23)20(24)11-16/h4-5,11-12,17H,2-3,6-10,13-14H2,1H3/t17-/m0/s1. The van der Waals surface area contributed by atoms with E-state index in [0.717, 1.165) is 37.3 Å². The zero-order chi connectivity index (χ0) is 21.1. The van der Waals surface area contributed by atoms with Crippen molar-refractivity contribution in [2.24, 2.45) is 0 Å². The number of rotatable bonds is 4. The topological polar surface area (TPSA) is 58.6 Å². The van der Waals surface area contributed by atoms with Gasteiger partial charge in [0, 0.05) is 38.3 Å². The van der Waals surface area contributed by atoms with Crippen LogP contribution in [0, 0.1) is 12.7 Å². The molecule has 2 aliphatic rings. The minimum Gasteiger partial charge on any atom is -0.378 e. The van der Waals surface area contributed by atoms with Crippen molar-refractivity contribution in [3.8, 4) is 0 Å². The SMILES string of the molecule is Cc1nc([C@H]2CCCN(Cc3ccc(Cl)c(F)c3)C2)ncc1C(=O)N1CCOCC1. The second-order valence-electron chi connectivity index (χ2n) is 7.95. The molecule has 4 rings (SSSR count). The highest BCUT2D eigenvalue weighted by Gasteiger charge is 2.26. The molecular weight excluding hydrogens is 407 g/mol. The summed E-state index contributed by atoms with van der Waals surface area (Å²) >= 11 is 5.79. The highest BCUT2D eigenvalue weighted by molar-refractivity contribution is 6.30. The molecule has 0 unspecified atom stereocenters. The Morgan fingerprint density at radius 3 is 2.83 bits per heavy atom. The lowest BCUT2D eigenvalue weighted by Gasteiger charge is -2.32. The second kappa shape index (κ2) is 9.37. The van der Waals surface area contributed by atoms with E-state index in [1.54, 1.807) is 17.2 Å². The molecule has 1 aromatic carbocycles. The fraction of sp³-hybridized carbons (Fsp3) is 0.500. The smallest absolute Gasteiger partial charge is 0.257 e. The van der Waals surface area contributed by atoms with Gasteiger partial charge in [-0.15, -0.1) is 0 Å². The number of carbonyl (C=O) groups is 1. The van der Waals surface area contributed by atoms with Gasteiger partial charge in [0.15, 0.2) is 0 Å². The first-order valence-electron chi connectivity index (χ1n) is 10.4. The van der Waals surface area contributed by atoms with Crippen molar-refractivity contribution in [1.82, 2.24) is 19.8 Å². The third-order valence-electron chi connectivity index (χ3n) is 5.79. The van der Waals surface area contributed by atoms with Crippen LogP contribution in [0.2, 0.25) is 5.02 Å². The number of halogens is 2. The van der Waals surface area contributed by atoms with E-state index >= 15 is 0 Å². The monoisotopic (exact) mass is 432 g/mol. The minimum atomic E-state index is -0.387. The van der Waals surface area contributed by atoms with Crippen molar-refractivity contribution in [3.63, 3.8) is 0 Å². The highest BCUT2D eigenvalue weighted by Crippen LogP contribution is 2.27. The van der Waals surface area contributed by atoms with E-state index in [-0.39, 0.29) is 22.7 Å². The Balaban J connectivity index is 1.43. The molecule has 2 saturated heterocycles. The first kappa shape index (κ1) is 21.2. The third kappa shape index (κ3) is 4.79. The van der Waals surface area contributed by atoms with Crippen LogP contribution in [0.15, 0.2) is 24.4 Å². The van der Waals surface area contributed by atoms with E-state index in [1.165, 1.54) is 6.07 Å². The summed E-state index contributed by atoms with van der Waals surface area (Å²) in [5, 5.41) is 0.144. The van der Waals surface area contributed by atoms with Crippen LogP contribution in [0.1, 0.15) is 46.2 Å². The molecule has 2 aliphatic heterocycles. The molecule has 6 nitrogen and oxygen atoms in total. The molecule has 160 valence electrons. The zero-order valence-electron chi connectivity index (χ0n) is 17.1. The van der Waals surface area contributed by atoms with Gasteiger partial charge in [-0.3, -0.25) is 9.69 Å². The molecular formula is C22H26ClFN4O2. The number of likely N-dealkylation sites (tertiary alicyclic amines) is 1. The lowest BCUT2D eigenvalue weighted by Crippen LogP contribution is -2.41. The summed E-state index contributed by atoms with van der Waals surface area (Å²) < 4.78 is 19.1. The Morgan fingerprint density at radius 1 is 1.30 bits per heavy atom. The largest absolute Gasteiger partial charge is 0.378 e. The van der Waals surface area contributed by atoms with E-state index < -0.39 is 0 Å². The van der Waals surface area contributed by atoms with Gasteiger partial charge in [0.05, 0.1) is 29.5 Å². The lowest BCUT2D eigenvalue weighted by atomic mass is 9.96. The summed E-state index contributed by atoms with van der Waals surface area (Å²) in [7, 11) is 0. The molecule has 2 fully saturated rings. The number of aryl methyl sites for hydroxylation is 1. The minimum absolute atomic E-state index is 0.0302. The molecule has 0 saturated carbocycles. The third-order valence-corrected chi connectivity index (χ3v) is 6.09. The van der Waals surface area contributed by atoms with E-state index in [2.05, 4.69) is 14.9 Å². The number of nitrogens with zero attached hydrogens (tertiary/aromatic N) is 4. The summed E-state index contributed by atoms with van der Waals surface area (Å²) in [6.07, 6.45) is 3.70. The van der Waals surface area contributed by atoms with Crippen molar-refractivity contribution < 1.29 is 13.9 Å². The molecule has 1 amide bonds. The van der Waals surface area contributed by atoms with Gasteiger partial charge in [-0.25, -0.2) is 14.4 Å². The molecule has 8 heteroatoms. The molecule has 0 spiro atoms. The van der Waals surface area contributed by atoms with Crippen LogP contribution < -0.4 is 0 Å². The Kier molecular flexibility index (Phi) is 6.61. The maximum atomic E-state index is 13.7. The number of piperidine rings is 1. The maximum absolute atomic E-state index is 13.7. The average Bonchev–Trinajstić information content (AvgIpc) is 2.76. The fourth-order valence-corrected chi connectivity index (χ4v) is 4.25. The van der Waals surface area contributed by atoms with Gasteiger partial charge < -0.3 is 9.64 Å². The van der Waals surface area contributed by atoms with Crippen LogP contribution in [0.3, 0.4) is 0 Å².